The van der Waals surface area contributed by atoms with Crippen LogP contribution in [0.4, 0.5) is 0 Å². The lowest BCUT2D eigenvalue weighted by Crippen LogP contribution is -2.49. The van der Waals surface area contributed by atoms with Gasteiger partial charge < -0.3 is 20.5 Å². The van der Waals surface area contributed by atoms with Crippen LogP contribution in [0.5, 0.6) is 0 Å². The van der Waals surface area contributed by atoms with E-state index in [4.69, 9.17) is 10.1 Å². The lowest BCUT2D eigenvalue weighted by Gasteiger charge is -2.28. The Hall–Kier alpha value is -3.93. The van der Waals surface area contributed by atoms with Crippen molar-refractivity contribution in [1.82, 2.24) is 35.3 Å². The second-order valence-corrected chi connectivity index (χ2v) is 12.0. The Morgan fingerprint density at radius 1 is 1.05 bits per heavy atom. The van der Waals surface area contributed by atoms with E-state index < -0.39 is 12.1 Å². The number of benzene rings is 1. The van der Waals surface area contributed by atoms with Crippen molar-refractivity contribution in [3.05, 3.63) is 69.9 Å². The number of aryl methyl sites for hydroxylation is 1. The highest BCUT2D eigenvalue weighted by atomic mass is 32.2. The molecule has 0 radical (unpaired) electrons. The zero-order valence-corrected chi connectivity index (χ0v) is 26.1. The third-order valence-corrected chi connectivity index (χ3v) is 8.17. The Kier molecular flexibility index (Phi) is 11.2. The highest BCUT2D eigenvalue weighted by molar-refractivity contribution is 7.98. The Morgan fingerprint density at radius 3 is 2.51 bits per heavy atom. The molecular weight excluding hydrogens is 566 g/mol. The van der Waals surface area contributed by atoms with Crippen molar-refractivity contribution in [3.63, 3.8) is 0 Å². The minimum atomic E-state index is -0.694. The summed E-state index contributed by atoms with van der Waals surface area (Å²) in [6.45, 7) is 6.83. The molecule has 3 heterocycles. The van der Waals surface area contributed by atoms with Crippen molar-refractivity contribution >= 4 is 29.5 Å². The van der Waals surface area contributed by atoms with Gasteiger partial charge in [0.15, 0.2) is 11.6 Å². The molecule has 230 valence electrons. The van der Waals surface area contributed by atoms with Crippen molar-refractivity contribution < 1.29 is 14.4 Å². The number of rotatable bonds is 7. The summed E-state index contributed by atoms with van der Waals surface area (Å²) in [5.74, 6) is 1.07. The fraction of sp³-hybridized carbons (Fsp3) is 0.484. The monoisotopic (exact) mass is 607 g/mol. The van der Waals surface area contributed by atoms with Crippen LogP contribution in [-0.4, -0.2) is 73.5 Å². The number of carbonyl (C=O) groups is 3. The zero-order valence-electron chi connectivity index (χ0n) is 25.3. The number of aromatic nitrogens is 4. The number of fused-ring (bicyclic) bond motifs is 1. The van der Waals surface area contributed by atoms with Gasteiger partial charge >= 0.3 is 0 Å². The van der Waals surface area contributed by atoms with E-state index in [1.807, 2.05) is 57.4 Å². The number of nitrogens with zero attached hydrogens (tertiary/aromatic N) is 4. The summed E-state index contributed by atoms with van der Waals surface area (Å²) in [7, 11) is 0. The molecule has 3 amide bonds. The minimum Gasteiger partial charge on any atom is -0.344 e. The first-order chi connectivity index (χ1) is 20.7. The van der Waals surface area contributed by atoms with E-state index in [1.54, 1.807) is 27.4 Å². The van der Waals surface area contributed by atoms with E-state index in [2.05, 4.69) is 15.6 Å². The molecule has 2 atom stereocenters. The minimum absolute atomic E-state index is 0.0358. The molecule has 11 nitrogen and oxygen atoms in total. The van der Waals surface area contributed by atoms with Gasteiger partial charge in [-0.2, -0.15) is 16.9 Å². The number of hydrogen-bond acceptors (Lipinski definition) is 7. The molecule has 1 aliphatic heterocycles. The molecule has 1 aromatic carbocycles. The second-order valence-electron chi connectivity index (χ2n) is 11.0. The van der Waals surface area contributed by atoms with Crippen LogP contribution in [0.15, 0.2) is 47.3 Å². The molecule has 0 unspecified atom stereocenters. The number of H-pyrrole nitrogens is 1. The Balaban J connectivity index is 1.75. The van der Waals surface area contributed by atoms with Gasteiger partial charge in [-0.25, -0.2) is 9.67 Å². The lowest BCUT2D eigenvalue weighted by atomic mass is 10.0. The number of nitrogens with one attached hydrogen (secondary N) is 3. The number of thioether (sulfide) groups is 1. The van der Waals surface area contributed by atoms with Crippen LogP contribution in [0.3, 0.4) is 0 Å². The molecule has 0 bridgehead atoms. The summed E-state index contributed by atoms with van der Waals surface area (Å²) in [5, 5.41) is 10.9. The summed E-state index contributed by atoms with van der Waals surface area (Å²) in [6.07, 6.45) is 3.52. The smallest absolute Gasteiger partial charge is 0.255 e. The quantitative estimate of drug-likeness (QED) is 0.375. The van der Waals surface area contributed by atoms with Crippen LogP contribution in [0.1, 0.15) is 68.0 Å². The van der Waals surface area contributed by atoms with Crippen LogP contribution in [0, 0.1) is 5.92 Å². The third-order valence-electron chi connectivity index (χ3n) is 7.52. The predicted octanol–water partition coefficient (Wildman–Crippen LogP) is 3.18. The van der Waals surface area contributed by atoms with Gasteiger partial charge in [0, 0.05) is 36.8 Å². The van der Waals surface area contributed by atoms with E-state index in [0.717, 1.165) is 5.56 Å². The van der Waals surface area contributed by atoms with Crippen LogP contribution in [-0.2, 0) is 22.6 Å². The van der Waals surface area contributed by atoms with Crippen LogP contribution in [0.2, 0.25) is 0 Å². The summed E-state index contributed by atoms with van der Waals surface area (Å²) < 4.78 is 1.78. The van der Waals surface area contributed by atoms with Gasteiger partial charge in [-0.15, -0.1) is 0 Å². The van der Waals surface area contributed by atoms with Crippen LogP contribution >= 0.6 is 11.8 Å². The fourth-order valence-corrected chi connectivity index (χ4v) is 5.61. The summed E-state index contributed by atoms with van der Waals surface area (Å²) >= 11 is 1.61. The highest BCUT2D eigenvalue weighted by Crippen LogP contribution is 2.25. The summed E-state index contributed by atoms with van der Waals surface area (Å²) in [5.41, 5.74) is 1.58. The number of pyridine rings is 1. The average Bonchev–Trinajstić information content (AvgIpc) is 3.42. The molecule has 3 aromatic rings. The largest absolute Gasteiger partial charge is 0.344 e. The molecule has 3 N–H and O–H groups in total. The lowest BCUT2D eigenvalue weighted by molar-refractivity contribution is -0.129. The van der Waals surface area contributed by atoms with Gasteiger partial charge in [-0.3, -0.25) is 19.2 Å². The molecule has 0 spiro atoms. The molecule has 1 aliphatic rings. The van der Waals surface area contributed by atoms with E-state index in [1.165, 1.54) is 6.07 Å². The molecule has 4 rings (SSSR count). The zero-order chi connectivity index (χ0) is 30.9. The van der Waals surface area contributed by atoms with Crippen molar-refractivity contribution in [2.45, 2.75) is 65.1 Å². The Labute approximate surface area is 256 Å². The summed E-state index contributed by atoms with van der Waals surface area (Å²) in [6, 6.07) is 11.4. The molecule has 0 aliphatic carbocycles. The molecular formula is C31H41N7O4S. The Bertz CT molecular complexity index is 1470. The number of aromatic amines is 1. The van der Waals surface area contributed by atoms with Gasteiger partial charge in [-0.1, -0.05) is 51.1 Å². The number of amides is 3. The van der Waals surface area contributed by atoms with Gasteiger partial charge in [0.25, 0.3) is 5.91 Å². The Morgan fingerprint density at radius 2 is 1.81 bits per heavy atom. The van der Waals surface area contributed by atoms with E-state index in [9.17, 15) is 19.2 Å². The standard InChI is InChI=1S/C31H41N7O4S/c1-5-23-22(13-14-26(40)32-23)31(42)37-16-9-12-25(39)33-24(15-19-43-4)30(41)34-27(20(2)3)29-35-28(36-38(29)18-17-37)21-10-7-6-8-11-21/h6-8,10-11,13-14,20,24,27H,5,9,12,15-19H2,1-4H3,(H,32,40)(H,33,39)(H,34,41)/t24-,27+/m0/s1. The molecule has 12 heteroatoms. The van der Waals surface area contributed by atoms with Gasteiger partial charge in [0.2, 0.25) is 17.4 Å². The SMILES string of the molecule is CCc1[nH]c(=O)ccc1C(=O)N1CCCC(=O)N[C@@H](CCSC)C(=O)N[C@H](C(C)C)c2nc(-c3ccccc3)nn2CC1. The van der Waals surface area contributed by atoms with E-state index in [-0.39, 0.29) is 35.6 Å². The van der Waals surface area contributed by atoms with E-state index in [0.29, 0.717) is 67.6 Å². The van der Waals surface area contributed by atoms with Crippen LogP contribution in [0.25, 0.3) is 11.4 Å². The highest BCUT2D eigenvalue weighted by Gasteiger charge is 2.30. The van der Waals surface area contributed by atoms with Gasteiger partial charge in [0.1, 0.15) is 6.04 Å². The van der Waals surface area contributed by atoms with Crippen molar-refractivity contribution in [1.29, 1.82) is 0 Å². The number of hydrogen-bond donors (Lipinski definition) is 3. The summed E-state index contributed by atoms with van der Waals surface area (Å²) in [4.78, 5) is 61.7. The molecule has 43 heavy (non-hydrogen) atoms. The first-order valence-electron chi connectivity index (χ1n) is 14.8. The first-order valence-corrected chi connectivity index (χ1v) is 16.2. The van der Waals surface area contributed by atoms with E-state index >= 15 is 0 Å². The second kappa shape index (κ2) is 15.0. The first kappa shape index (κ1) is 32.0. The third kappa shape index (κ3) is 8.13. The van der Waals surface area contributed by atoms with Crippen molar-refractivity contribution in [2.75, 3.05) is 25.1 Å². The van der Waals surface area contributed by atoms with Gasteiger partial charge in [-0.05, 0) is 43.3 Å². The normalized spacial score (nSPS) is 18.5. The van der Waals surface area contributed by atoms with Crippen LogP contribution < -0.4 is 16.2 Å². The predicted molar refractivity (Wildman–Crippen MR) is 168 cm³/mol. The topological polar surface area (TPSA) is 142 Å². The number of carbonyl (C=O) groups excluding carboxylic acids is 3. The molecule has 0 saturated heterocycles. The molecule has 0 saturated carbocycles. The maximum absolute atomic E-state index is 13.8. The van der Waals surface area contributed by atoms with Crippen molar-refractivity contribution in [3.8, 4) is 11.4 Å². The van der Waals surface area contributed by atoms with Gasteiger partial charge in [0.05, 0.1) is 18.2 Å². The molecule has 2 aromatic heterocycles. The maximum atomic E-state index is 13.8. The average molecular weight is 608 g/mol. The maximum Gasteiger partial charge on any atom is 0.255 e. The molecule has 0 fully saturated rings. The fourth-order valence-electron chi connectivity index (χ4n) is 5.14. The van der Waals surface area contributed by atoms with Crippen molar-refractivity contribution in [2.24, 2.45) is 5.92 Å².